The van der Waals surface area contributed by atoms with Crippen LogP contribution in [-0.4, -0.2) is 13.4 Å². The van der Waals surface area contributed by atoms with E-state index in [1.54, 1.807) is 42.6 Å². The first kappa shape index (κ1) is 13.3. The second-order valence-corrected chi connectivity index (χ2v) is 5.77. The molecule has 0 spiro atoms. The number of hydrogen-bond donors (Lipinski definition) is 1. The fraction of sp³-hybridized carbons (Fsp3) is 0.0714. The van der Waals surface area contributed by atoms with Crippen molar-refractivity contribution in [2.45, 2.75) is 11.8 Å². The van der Waals surface area contributed by atoms with Gasteiger partial charge in [0.2, 0.25) is 0 Å². The van der Waals surface area contributed by atoms with Gasteiger partial charge in [-0.05, 0) is 25.1 Å². The highest BCUT2D eigenvalue weighted by Crippen LogP contribution is 2.20. The van der Waals surface area contributed by atoms with Crippen LogP contribution >= 0.6 is 0 Å². The Labute approximate surface area is 112 Å². The molecule has 0 saturated heterocycles. The summed E-state index contributed by atoms with van der Waals surface area (Å²) in [6.45, 7) is 5.55. The molecule has 0 aliphatic rings. The van der Waals surface area contributed by atoms with E-state index in [0.717, 1.165) is 5.56 Å². The molecule has 5 heteroatoms. The van der Waals surface area contributed by atoms with Crippen molar-refractivity contribution in [2.75, 3.05) is 4.72 Å². The minimum Gasteiger partial charge on any atom is -0.277 e. The van der Waals surface area contributed by atoms with E-state index in [1.807, 2.05) is 6.92 Å². The lowest BCUT2D eigenvalue weighted by molar-refractivity contribution is 0.601. The normalized spacial score (nSPS) is 11.0. The Bertz CT molecular complexity index is 692. The predicted octanol–water partition coefficient (Wildman–Crippen LogP) is 2.83. The van der Waals surface area contributed by atoms with Crippen molar-refractivity contribution < 1.29 is 8.42 Å². The highest BCUT2D eigenvalue weighted by molar-refractivity contribution is 7.92. The van der Waals surface area contributed by atoms with E-state index < -0.39 is 10.0 Å². The monoisotopic (exact) mass is 274 g/mol. The van der Waals surface area contributed by atoms with Crippen LogP contribution in [0.15, 0.2) is 54.2 Å². The molecule has 0 unspecified atom stereocenters. The summed E-state index contributed by atoms with van der Waals surface area (Å²) < 4.78 is 26.9. The molecule has 2 rings (SSSR count). The Hall–Kier alpha value is -2.14. The second-order valence-electron chi connectivity index (χ2n) is 4.09. The van der Waals surface area contributed by atoms with Gasteiger partial charge in [0, 0.05) is 11.8 Å². The summed E-state index contributed by atoms with van der Waals surface area (Å²) in [5.41, 5.74) is 2.11. The number of rotatable bonds is 4. The van der Waals surface area contributed by atoms with E-state index in [2.05, 4.69) is 16.3 Å². The van der Waals surface area contributed by atoms with Crippen molar-refractivity contribution in [1.82, 2.24) is 4.98 Å². The third kappa shape index (κ3) is 3.00. The van der Waals surface area contributed by atoms with E-state index >= 15 is 0 Å². The van der Waals surface area contributed by atoms with Gasteiger partial charge in [-0.15, -0.1) is 0 Å². The summed E-state index contributed by atoms with van der Waals surface area (Å²) in [7, 11) is -3.60. The first-order chi connectivity index (χ1) is 9.03. The molecule has 0 fully saturated rings. The molecule has 1 aromatic carbocycles. The maximum Gasteiger partial charge on any atom is 0.261 e. The van der Waals surface area contributed by atoms with Gasteiger partial charge in [0.15, 0.2) is 0 Å². The molecule has 1 N–H and O–H groups in total. The molecule has 0 amide bonds. The number of nitrogens with zero attached hydrogens (tertiary/aromatic N) is 1. The van der Waals surface area contributed by atoms with E-state index in [-0.39, 0.29) is 4.90 Å². The molecule has 1 aromatic heterocycles. The summed E-state index contributed by atoms with van der Waals surface area (Å²) in [5, 5.41) is 0. The van der Waals surface area contributed by atoms with Crippen LogP contribution in [0.3, 0.4) is 0 Å². The summed E-state index contributed by atoms with van der Waals surface area (Å²) in [6, 6.07) is 8.35. The average molecular weight is 274 g/mol. The first-order valence-electron chi connectivity index (χ1n) is 5.69. The van der Waals surface area contributed by atoms with Gasteiger partial charge in [0.05, 0.1) is 16.8 Å². The van der Waals surface area contributed by atoms with Crippen LogP contribution in [0.1, 0.15) is 11.1 Å². The third-order valence-corrected chi connectivity index (χ3v) is 4.03. The molecule has 2 aromatic rings. The molecule has 0 atom stereocenters. The molecule has 19 heavy (non-hydrogen) atoms. The largest absolute Gasteiger partial charge is 0.277 e. The average Bonchev–Trinajstić information content (AvgIpc) is 2.39. The van der Waals surface area contributed by atoms with Crippen molar-refractivity contribution >= 4 is 21.8 Å². The number of pyridine rings is 1. The molecule has 0 saturated carbocycles. The zero-order chi connectivity index (χ0) is 13.9. The number of benzene rings is 1. The van der Waals surface area contributed by atoms with Crippen LogP contribution in [0, 0.1) is 6.92 Å². The Balaban J connectivity index is 2.36. The van der Waals surface area contributed by atoms with Gasteiger partial charge in [-0.2, -0.15) is 0 Å². The second kappa shape index (κ2) is 5.24. The Kier molecular flexibility index (Phi) is 3.66. The number of nitrogens with one attached hydrogen (secondary N) is 1. The van der Waals surface area contributed by atoms with Crippen LogP contribution in [0.4, 0.5) is 5.69 Å². The van der Waals surface area contributed by atoms with E-state index in [1.165, 1.54) is 6.20 Å². The highest BCUT2D eigenvalue weighted by atomic mass is 32.2. The summed E-state index contributed by atoms with van der Waals surface area (Å²) in [4.78, 5) is 4.13. The molecule has 0 bridgehead atoms. The van der Waals surface area contributed by atoms with Crippen molar-refractivity contribution in [3.8, 4) is 0 Å². The number of hydrogen-bond acceptors (Lipinski definition) is 3. The van der Waals surface area contributed by atoms with Gasteiger partial charge in [0.25, 0.3) is 10.0 Å². The van der Waals surface area contributed by atoms with Crippen LogP contribution in [0.5, 0.6) is 0 Å². The van der Waals surface area contributed by atoms with Gasteiger partial charge in [-0.3, -0.25) is 9.71 Å². The molecule has 98 valence electrons. The Morgan fingerprint density at radius 2 is 1.89 bits per heavy atom. The number of anilines is 1. The maximum atomic E-state index is 12.2. The first-order valence-corrected chi connectivity index (χ1v) is 7.17. The summed E-state index contributed by atoms with van der Waals surface area (Å²) in [6.07, 6.45) is 4.62. The lowest BCUT2D eigenvalue weighted by Gasteiger charge is -2.10. The molecule has 4 nitrogen and oxygen atoms in total. The topological polar surface area (TPSA) is 59.1 Å². The molecule has 0 radical (unpaired) electrons. The number of aryl methyl sites for hydroxylation is 1. The van der Waals surface area contributed by atoms with Gasteiger partial charge in [-0.25, -0.2) is 8.42 Å². The fourth-order valence-electron chi connectivity index (χ4n) is 1.59. The lowest BCUT2D eigenvalue weighted by Crippen LogP contribution is -2.13. The van der Waals surface area contributed by atoms with Gasteiger partial charge in [-0.1, -0.05) is 30.4 Å². The zero-order valence-corrected chi connectivity index (χ0v) is 11.3. The van der Waals surface area contributed by atoms with Gasteiger partial charge < -0.3 is 0 Å². The molecule has 0 aliphatic heterocycles. The smallest absolute Gasteiger partial charge is 0.261 e. The van der Waals surface area contributed by atoms with Crippen LogP contribution in [-0.2, 0) is 10.0 Å². The van der Waals surface area contributed by atoms with Crippen molar-refractivity contribution in [2.24, 2.45) is 0 Å². The molecular weight excluding hydrogens is 260 g/mol. The highest BCUT2D eigenvalue weighted by Gasteiger charge is 2.15. The molecule has 0 aliphatic carbocycles. The fourth-order valence-corrected chi connectivity index (χ4v) is 2.66. The minimum absolute atomic E-state index is 0.219. The SMILES string of the molecule is C=Cc1ccncc1NS(=O)(=O)c1ccc(C)cc1. The Morgan fingerprint density at radius 1 is 1.21 bits per heavy atom. The van der Waals surface area contributed by atoms with E-state index in [9.17, 15) is 8.42 Å². The van der Waals surface area contributed by atoms with Crippen LogP contribution < -0.4 is 4.72 Å². The maximum absolute atomic E-state index is 12.2. The van der Waals surface area contributed by atoms with Crippen LogP contribution in [0.25, 0.3) is 6.08 Å². The minimum atomic E-state index is -3.60. The van der Waals surface area contributed by atoms with Gasteiger partial charge in [0.1, 0.15) is 0 Å². The van der Waals surface area contributed by atoms with E-state index in [0.29, 0.717) is 11.3 Å². The summed E-state index contributed by atoms with van der Waals surface area (Å²) in [5.74, 6) is 0. The van der Waals surface area contributed by atoms with Crippen molar-refractivity contribution in [3.05, 3.63) is 60.4 Å². The Morgan fingerprint density at radius 3 is 2.53 bits per heavy atom. The molecule has 1 heterocycles. The van der Waals surface area contributed by atoms with Crippen molar-refractivity contribution in [3.63, 3.8) is 0 Å². The van der Waals surface area contributed by atoms with Crippen LogP contribution in [0.2, 0.25) is 0 Å². The lowest BCUT2D eigenvalue weighted by atomic mass is 10.2. The van der Waals surface area contributed by atoms with Crippen molar-refractivity contribution in [1.29, 1.82) is 0 Å². The van der Waals surface area contributed by atoms with E-state index in [4.69, 9.17) is 0 Å². The zero-order valence-electron chi connectivity index (χ0n) is 10.5. The quantitative estimate of drug-likeness (QED) is 0.932. The van der Waals surface area contributed by atoms with Gasteiger partial charge >= 0.3 is 0 Å². The number of aromatic nitrogens is 1. The predicted molar refractivity (Wildman–Crippen MR) is 76.3 cm³/mol. The molecular formula is C14H14N2O2S. The third-order valence-electron chi connectivity index (χ3n) is 2.65. The summed E-state index contributed by atoms with van der Waals surface area (Å²) >= 11 is 0. The number of sulfonamides is 1. The standard InChI is InChI=1S/C14H14N2O2S/c1-3-12-8-9-15-10-14(12)16-19(17,18)13-6-4-11(2)5-7-13/h3-10,16H,1H2,2H3.